The molecule has 21 heavy (non-hydrogen) atoms. The van der Waals surface area contributed by atoms with Crippen LogP contribution in [0.3, 0.4) is 0 Å². The highest BCUT2D eigenvalue weighted by atomic mass is 16.6. The smallest absolute Gasteiger partial charge is 0.408 e. The van der Waals surface area contributed by atoms with Crippen LogP contribution in [-0.4, -0.2) is 23.2 Å². The minimum Gasteiger partial charge on any atom is -0.444 e. The molecule has 1 aromatic heterocycles. The second-order valence-corrected chi connectivity index (χ2v) is 5.57. The minimum atomic E-state index is -0.498. The van der Waals surface area contributed by atoms with Gasteiger partial charge in [0.1, 0.15) is 5.60 Å². The summed E-state index contributed by atoms with van der Waals surface area (Å²) in [7, 11) is 0. The molecule has 0 aliphatic heterocycles. The molecule has 0 fully saturated rings. The van der Waals surface area contributed by atoms with Gasteiger partial charge in [-0.05, 0) is 39.0 Å². The molecule has 0 saturated carbocycles. The zero-order valence-electron chi connectivity index (χ0n) is 12.4. The molecular weight excluding hydrogens is 264 g/mol. The molecule has 108 valence electrons. The van der Waals surface area contributed by atoms with Crippen molar-refractivity contribution in [3.8, 4) is 11.8 Å². The zero-order valence-corrected chi connectivity index (χ0v) is 12.4. The van der Waals surface area contributed by atoms with Crippen molar-refractivity contribution in [3.05, 3.63) is 42.1 Å². The fourth-order valence-electron chi connectivity index (χ4n) is 1.72. The predicted molar refractivity (Wildman–Crippen MR) is 82.9 cm³/mol. The average molecular weight is 282 g/mol. The third-order valence-electron chi connectivity index (χ3n) is 2.56. The molecule has 2 rings (SSSR count). The summed E-state index contributed by atoms with van der Waals surface area (Å²) in [6, 6.07) is 9.75. The highest BCUT2D eigenvalue weighted by Crippen LogP contribution is 2.12. The molecule has 1 aromatic carbocycles. The van der Waals surface area contributed by atoms with Crippen LogP contribution in [0.2, 0.25) is 0 Å². The maximum atomic E-state index is 11.4. The SMILES string of the molecule is CC(C)(C)OC(=O)NCC#Cc1ccc2cccnc2c1. The lowest BCUT2D eigenvalue weighted by Crippen LogP contribution is -2.32. The molecule has 1 amide bonds. The Balaban J connectivity index is 1.94. The van der Waals surface area contributed by atoms with Gasteiger partial charge in [0.15, 0.2) is 0 Å². The number of ether oxygens (including phenoxy) is 1. The number of nitrogens with one attached hydrogen (secondary N) is 1. The molecule has 0 radical (unpaired) electrons. The van der Waals surface area contributed by atoms with Gasteiger partial charge in [0.25, 0.3) is 0 Å². The molecule has 1 heterocycles. The van der Waals surface area contributed by atoms with E-state index in [-0.39, 0.29) is 6.54 Å². The number of alkyl carbamates (subject to hydrolysis) is 1. The van der Waals surface area contributed by atoms with E-state index in [2.05, 4.69) is 22.1 Å². The van der Waals surface area contributed by atoms with E-state index in [4.69, 9.17) is 4.74 Å². The van der Waals surface area contributed by atoms with Gasteiger partial charge in [0.2, 0.25) is 0 Å². The van der Waals surface area contributed by atoms with Crippen molar-refractivity contribution in [2.45, 2.75) is 26.4 Å². The van der Waals surface area contributed by atoms with Crippen LogP contribution < -0.4 is 5.32 Å². The van der Waals surface area contributed by atoms with E-state index in [1.807, 2.05) is 51.1 Å². The Kier molecular flexibility index (Phi) is 4.44. The summed E-state index contributed by atoms with van der Waals surface area (Å²) in [5.74, 6) is 5.89. The standard InChI is InChI=1S/C17H18N2O2/c1-17(2,3)21-16(20)19-11-4-6-13-8-9-14-7-5-10-18-15(14)12-13/h5,7-10,12H,11H2,1-3H3,(H,19,20). The molecule has 0 unspecified atom stereocenters. The quantitative estimate of drug-likeness (QED) is 0.818. The summed E-state index contributed by atoms with van der Waals surface area (Å²) in [6.07, 6.45) is 1.29. The largest absolute Gasteiger partial charge is 0.444 e. The molecule has 0 aliphatic rings. The Bertz CT molecular complexity index is 706. The second kappa shape index (κ2) is 6.27. The summed E-state index contributed by atoms with van der Waals surface area (Å²) in [5.41, 5.74) is 1.28. The lowest BCUT2D eigenvalue weighted by atomic mass is 10.1. The van der Waals surface area contributed by atoms with E-state index in [0.29, 0.717) is 0 Å². The second-order valence-electron chi connectivity index (χ2n) is 5.57. The lowest BCUT2D eigenvalue weighted by molar-refractivity contribution is 0.0535. The molecule has 1 N–H and O–H groups in total. The maximum absolute atomic E-state index is 11.4. The Morgan fingerprint density at radius 2 is 2.14 bits per heavy atom. The maximum Gasteiger partial charge on any atom is 0.408 e. The normalized spacial score (nSPS) is 10.6. The summed E-state index contributed by atoms with van der Waals surface area (Å²) >= 11 is 0. The molecule has 0 atom stereocenters. The Hall–Kier alpha value is -2.54. The number of hydrogen-bond donors (Lipinski definition) is 1. The van der Waals surface area contributed by atoms with Crippen LogP contribution in [0.1, 0.15) is 26.3 Å². The number of fused-ring (bicyclic) bond motifs is 1. The first-order valence-electron chi connectivity index (χ1n) is 6.74. The van der Waals surface area contributed by atoms with Gasteiger partial charge in [-0.1, -0.05) is 24.0 Å². The van der Waals surface area contributed by atoms with Crippen LogP contribution in [0.15, 0.2) is 36.5 Å². The van der Waals surface area contributed by atoms with Crippen molar-refractivity contribution >= 4 is 17.0 Å². The van der Waals surface area contributed by atoms with Crippen molar-refractivity contribution in [2.75, 3.05) is 6.54 Å². The number of aromatic nitrogens is 1. The van der Waals surface area contributed by atoms with E-state index < -0.39 is 11.7 Å². The van der Waals surface area contributed by atoms with Gasteiger partial charge in [-0.3, -0.25) is 4.98 Å². The van der Waals surface area contributed by atoms with Gasteiger partial charge < -0.3 is 10.1 Å². The van der Waals surface area contributed by atoms with Crippen LogP contribution in [0.5, 0.6) is 0 Å². The first-order chi connectivity index (χ1) is 9.94. The third-order valence-corrected chi connectivity index (χ3v) is 2.56. The number of carbonyl (C=O) groups is 1. The van der Waals surface area contributed by atoms with Crippen molar-refractivity contribution in [2.24, 2.45) is 0 Å². The topological polar surface area (TPSA) is 51.2 Å². The summed E-state index contributed by atoms with van der Waals surface area (Å²) in [6.45, 7) is 5.70. The van der Waals surface area contributed by atoms with Crippen molar-refractivity contribution in [1.29, 1.82) is 0 Å². The molecule has 0 saturated heterocycles. The van der Waals surface area contributed by atoms with Crippen molar-refractivity contribution in [1.82, 2.24) is 10.3 Å². The Labute approximate surface area is 124 Å². The molecule has 4 heteroatoms. The highest BCUT2D eigenvalue weighted by molar-refractivity contribution is 5.79. The minimum absolute atomic E-state index is 0.245. The molecule has 4 nitrogen and oxygen atoms in total. The predicted octanol–water partition coefficient (Wildman–Crippen LogP) is 3.11. The van der Waals surface area contributed by atoms with E-state index in [0.717, 1.165) is 16.5 Å². The number of benzene rings is 1. The van der Waals surface area contributed by atoms with Crippen molar-refractivity contribution in [3.63, 3.8) is 0 Å². The van der Waals surface area contributed by atoms with E-state index in [1.54, 1.807) is 6.20 Å². The summed E-state index contributed by atoms with van der Waals surface area (Å²) < 4.78 is 5.12. The third kappa shape index (κ3) is 4.81. The van der Waals surface area contributed by atoms with Crippen LogP contribution in [-0.2, 0) is 4.74 Å². The van der Waals surface area contributed by atoms with E-state index in [1.165, 1.54) is 0 Å². The number of pyridine rings is 1. The molecule has 2 aromatic rings. The number of hydrogen-bond acceptors (Lipinski definition) is 3. The van der Waals surface area contributed by atoms with Gasteiger partial charge >= 0.3 is 6.09 Å². The van der Waals surface area contributed by atoms with E-state index >= 15 is 0 Å². The van der Waals surface area contributed by atoms with Gasteiger partial charge in [-0.2, -0.15) is 0 Å². The summed E-state index contributed by atoms with van der Waals surface area (Å²) in [5, 5.41) is 3.67. The molecule has 0 aliphatic carbocycles. The monoisotopic (exact) mass is 282 g/mol. The van der Waals surface area contributed by atoms with Gasteiger partial charge in [-0.25, -0.2) is 4.79 Å². The number of amides is 1. The fourth-order valence-corrected chi connectivity index (χ4v) is 1.72. The van der Waals surface area contributed by atoms with Crippen LogP contribution >= 0.6 is 0 Å². The molecule has 0 spiro atoms. The lowest BCUT2D eigenvalue weighted by Gasteiger charge is -2.18. The highest BCUT2D eigenvalue weighted by Gasteiger charge is 2.14. The van der Waals surface area contributed by atoms with Gasteiger partial charge in [-0.15, -0.1) is 0 Å². The van der Waals surface area contributed by atoms with E-state index in [9.17, 15) is 4.79 Å². The Morgan fingerprint density at radius 3 is 2.90 bits per heavy atom. The first kappa shape index (κ1) is 14.9. The molecule has 0 bridgehead atoms. The molecular formula is C17H18N2O2. The average Bonchev–Trinajstić information content (AvgIpc) is 2.41. The van der Waals surface area contributed by atoms with Crippen molar-refractivity contribution < 1.29 is 9.53 Å². The van der Waals surface area contributed by atoms with Crippen LogP contribution in [0, 0.1) is 11.8 Å². The Morgan fingerprint density at radius 1 is 1.33 bits per heavy atom. The van der Waals surface area contributed by atoms with Crippen LogP contribution in [0.25, 0.3) is 10.9 Å². The fraction of sp³-hybridized carbons (Fsp3) is 0.294. The zero-order chi connectivity index (χ0) is 15.3. The number of carbonyl (C=O) groups excluding carboxylic acids is 1. The van der Waals surface area contributed by atoms with Gasteiger partial charge in [0.05, 0.1) is 12.1 Å². The number of nitrogens with zero attached hydrogens (tertiary/aromatic N) is 1. The summed E-state index contributed by atoms with van der Waals surface area (Å²) in [4.78, 5) is 15.7. The van der Waals surface area contributed by atoms with Crippen LogP contribution in [0.4, 0.5) is 4.79 Å². The van der Waals surface area contributed by atoms with Gasteiger partial charge in [0, 0.05) is 17.1 Å². The number of rotatable bonds is 1. The first-order valence-corrected chi connectivity index (χ1v) is 6.74.